The van der Waals surface area contributed by atoms with Gasteiger partial charge in [0.1, 0.15) is 6.61 Å². The first kappa shape index (κ1) is 15.9. The van der Waals surface area contributed by atoms with Gasteiger partial charge in [-0.3, -0.25) is 0 Å². The Bertz CT molecular complexity index is 1100. The molecule has 4 aromatic carbocycles. The fourth-order valence-corrected chi connectivity index (χ4v) is 3.14. The molecular formula is C23H16N2O. The van der Waals surface area contributed by atoms with Crippen molar-refractivity contribution in [3.63, 3.8) is 0 Å². The van der Waals surface area contributed by atoms with Gasteiger partial charge in [-0.05, 0) is 33.7 Å². The molecule has 3 nitrogen and oxygen atoms in total. The lowest BCUT2D eigenvalue weighted by molar-refractivity contribution is 0.132. The van der Waals surface area contributed by atoms with Gasteiger partial charge in [-0.15, -0.1) is 0 Å². The second kappa shape index (κ2) is 7.08. The number of hydrogen-bond donors (Lipinski definition) is 0. The number of benzene rings is 4. The van der Waals surface area contributed by atoms with Gasteiger partial charge >= 0.3 is 0 Å². The van der Waals surface area contributed by atoms with Gasteiger partial charge in [0.2, 0.25) is 0 Å². The maximum Gasteiger partial charge on any atom is 0.143 e. The molecule has 0 bridgehead atoms. The first-order valence-electron chi connectivity index (χ1n) is 8.40. The van der Waals surface area contributed by atoms with Crippen LogP contribution in [0.1, 0.15) is 16.7 Å². The molecule has 0 aliphatic heterocycles. The van der Waals surface area contributed by atoms with Crippen molar-refractivity contribution in [3.05, 3.63) is 95.6 Å². The quantitative estimate of drug-likeness (QED) is 0.284. The third kappa shape index (κ3) is 3.01. The lowest BCUT2D eigenvalue weighted by atomic mass is 9.97. The van der Waals surface area contributed by atoms with E-state index in [-0.39, 0.29) is 6.61 Å². The van der Waals surface area contributed by atoms with Crippen molar-refractivity contribution in [1.82, 2.24) is 0 Å². The Morgan fingerprint density at radius 2 is 1.46 bits per heavy atom. The molecule has 0 amide bonds. The lowest BCUT2D eigenvalue weighted by Gasteiger charge is -2.08. The van der Waals surface area contributed by atoms with Gasteiger partial charge in [0.25, 0.3) is 0 Å². The van der Waals surface area contributed by atoms with Gasteiger partial charge in [0, 0.05) is 11.1 Å². The summed E-state index contributed by atoms with van der Waals surface area (Å²) in [6.07, 6.45) is 1.76. The Kier molecular flexibility index (Phi) is 4.32. The van der Waals surface area contributed by atoms with Crippen LogP contribution in [0.4, 0.5) is 0 Å². The summed E-state index contributed by atoms with van der Waals surface area (Å²) in [4.78, 5) is 5.48. The van der Waals surface area contributed by atoms with E-state index < -0.39 is 0 Å². The van der Waals surface area contributed by atoms with E-state index >= 15 is 0 Å². The summed E-state index contributed by atoms with van der Waals surface area (Å²) in [6, 6.07) is 28.2. The largest absolute Gasteiger partial charge is 0.391 e. The average molecular weight is 336 g/mol. The zero-order valence-corrected chi connectivity index (χ0v) is 14.1. The van der Waals surface area contributed by atoms with E-state index in [0.717, 1.165) is 21.9 Å². The topological polar surface area (TPSA) is 45.4 Å². The molecule has 0 fully saturated rings. The molecule has 0 atom stereocenters. The molecule has 4 aromatic rings. The maximum absolute atomic E-state index is 9.15. The summed E-state index contributed by atoms with van der Waals surface area (Å²) in [6.45, 7) is 0.267. The Labute approximate surface area is 151 Å². The summed E-state index contributed by atoms with van der Waals surface area (Å²) in [5.74, 6) is 0. The van der Waals surface area contributed by atoms with Crippen molar-refractivity contribution in [1.29, 1.82) is 5.26 Å². The minimum Gasteiger partial charge on any atom is -0.391 e. The van der Waals surface area contributed by atoms with Crippen LogP contribution in [0.25, 0.3) is 21.5 Å². The van der Waals surface area contributed by atoms with Crippen molar-refractivity contribution in [2.75, 3.05) is 0 Å². The molecule has 0 spiro atoms. The SMILES string of the molecule is N#Cc1ccccc1CO/N=C\c1c2ccccc2cc2ccccc12. The van der Waals surface area contributed by atoms with Crippen LogP contribution >= 0.6 is 0 Å². The van der Waals surface area contributed by atoms with E-state index in [0.29, 0.717) is 5.56 Å². The molecule has 0 aromatic heterocycles. The second-order valence-electron chi connectivity index (χ2n) is 6.01. The lowest BCUT2D eigenvalue weighted by Crippen LogP contribution is -1.93. The smallest absolute Gasteiger partial charge is 0.143 e. The van der Waals surface area contributed by atoms with E-state index in [2.05, 4.69) is 41.6 Å². The van der Waals surface area contributed by atoms with Crippen molar-refractivity contribution in [2.24, 2.45) is 5.16 Å². The highest BCUT2D eigenvalue weighted by atomic mass is 16.6. The molecule has 0 radical (unpaired) electrons. The molecule has 0 heterocycles. The highest BCUT2D eigenvalue weighted by Gasteiger charge is 2.06. The molecule has 0 saturated heterocycles. The Hall–Kier alpha value is -3.64. The predicted molar refractivity (Wildman–Crippen MR) is 105 cm³/mol. The van der Waals surface area contributed by atoms with E-state index in [1.807, 2.05) is 42.5 Å². The molecule has 0 aliphatic rings. The fraction of sp³-hybridized carbons (Fsp3) is 0.0435. The van der Waals surface area contributed by atoms with Crippen LogP contribution in [-0.4, -0.2) is 6.21 Å². The van der Waals surface area contributed by atoms with E-state index in [1.165, 1.54) is 10.8 Å². The Morgan fingerprint density at radius 3 is 2.15 bits per heavy atom. The van der Waals surface area contributed by atoms with Crippen molar-refractivity contribution in [3.8, 4) is 6.07 Å². The molecule has 0 saturated carbocycles. The first-order chi connectivity index (χ1) is 12.9. The number of nitrogens with zero attached hydrogens (tertiary/aromatic N) is 2. The standard InChI is InChI=1S/C23H16N2O/c24-14-19-9-1-2-10-20(19)16-26-25-15-23-21-11-5-3-7-17(21)13-18-8-4-6-12-22(18)23/h1-13,15H,16H2/b25-15-. The van der Waals surface area contributed by atoms with Crippen molar-refractivity contribution < 1.29 is 4.84 Å². The molecule has 0 N–H and O–H groups in total. The summed E-state index contributed by atoms with van der Waals surface area (Å²) < 4.78 is 0. The number of oxime groups is 1. The maximum atomic E-state index is 9.15. The second-order valence-corrected chi connectivity index (χ2v) is 6.01. The number of nitriles is 1. The molecule has 26 heavy (non-hydrogen) atoms. The van der Waals surface area contributed by atoms with Crippen molar-refractivity contribution >= 4 is 27.8 Å². The van der Waals surface area contributed by atoms with Crippen LogP contribution in [0.3, 0.4) is 0 Å². The molecular weight excluding hydrogens is 320 g/mol. The predicted octanol–water partition coefficient (Wildman–Crippen LogP) is 5.42. The summed E-state index contributed by atoms with van der Waals surface area (Å²) in [5, 5.41) is 17.9. The van der Waals surface area contributed by atoms with Crippen LogP contribution in [0, 0.1) is 11.3 Å². The van der Waals surface area contributed by atoms with Crippen LogP contribution in [-0.2, 0) is 11.4 Å². The van der Waals surface area contributed by atoms with Gasteiger partial charge < -0.3 is 4.84 Å². The summed E-state index contributed by atoms with van der Waals surface area (Å²) in [5.41, 5.74) is 2.47. The molecule has 124 valence electrons. The number of fused-ring (bicyclic) bond motifs is 2. The minimum absolute atomic E-state index is 0.267. The monoisotopic (exact) mass is 336 g/mol. The third-order valence-corrected chi connectivity index (χ3v) is 4.43. The highest BCUT2D eigenvalue weighted by Crippen LogP contribution is 2.27. The van der Waals surface area contributed by atoms with Crippen LogP contribution in [0.2, 0.25) is 0 Å². The van der Waals surface area contributed by atoms with Crippen LogP contribution in [0.5, 0.6) is 0 Å². The fourth-order valence-electron chi connectivity index (χ4n) is 3.14. The third-order valence-electron chi connectivity index (χ3n) is 4.43. The Morgan fingerprint density at radius 1 is 0.846 bits per heavy atom. The zero-order chi connectivity index (χ0) is 17.8. The van der Waals surface area contributed by atoms with Gasteiger partial charge in [-0.25, -0.2) is 0 Å². The number of hydrogen-bond acceptors (Lipinski definition) is 3. The molecule has 3 heteroatoms. The summed E-state index contributed by atoms with van der Waals surface area (Å²) in [7, 11) is 0. The van der Waals surface area contributed by atoms with Gasteiger partial charge in [0.05, 0.1) is 17.8 Å². The van der Waals surface area contributed by atoms with Gasteiger partial charge in [-0.1, -0.05) is 71.9 Å². The highest BCUT2D eigenvalue weighted by molar-refractivity contribution is 6.13. The normalized spacial score (nSPS) is 11.0. The van der Waals surface area contributed by atoms with E-state index in [4.69, 9.17) is 10.1 Å². The Balaban J connectivity index is 1.67. The van der Waals surface area contributed by atoms with Crippen LogP contribution < -0.4 is 0 Å². The van der Waals surface area contributed by atoms with Crippen LogP contribution in [0.15, 0.2) is 84.0 Å². The van der Waals surface area contributed by atoms with Gasteiger partial charge in [-0.2, -0.15) is 5.26 Å². The minimum atomic E-state index is 0.267. The van der Waals surface area contributed by atoms with E-state index in [9.17, 15) is 0 Å². The molecule has 0 unspecified atom stereocenters. The molecule has 0 aliphatic carbocycles. The summed E-state index contributed by atoms with van der Waals surface area (Å²) >= 11 is 0. The zero-order valence-electron chi connectivity index (χ0n) is 14.1. The van der Waals surface area contributed by atoms with E-state index in [1.54, 1.807) is 12.3 Å². The average Bonchev–Trinajstić information content (AvgIpc) is 2.70. The number of rotatable bonds is 4. The first-order valence-corrected chi connectivity index (χ1v) is 8.40. The van der Waals surface area contributed by atoms with Crippen molar-refractivity contribution in [2.45, 2.75) is 6.61 Å². The van der Waals surface area contributed by atoms with Gasteiger partial charge in [0.15, 0.2) is 0 Å². The molecule has 4 rings (SSSR count).